The lowest BCUT2D eigenvalue weighted by atomic mass is 9.84. The van der Waals surface area contributed by atoms with Crippen molar-refractivity contribution in [2.45, 2.75) is 51.6 Å². The zero-order valence-corrected chi connectivity index (χ0v) is 12.7. The van der Waals surface area contributed by atoms with Gasteiger partial charge in [-0.1, -0.05) is 13.3 Å². The highest BCUT2D eigenvalue weighted by Crippen LogP contribution is 2.33. The van der Waals surface area contributed by atoms with Crippen LogP contribution in [0.5, 0.6) is 0 Å². The van der Waals surface area contributed by atoms with Crippen molar-refractivity contribution in [3.63, 3.8) is 0 Å². The van der Waals surface area contributed by atoms with E-state index in [-0.39, 0.29) is 6.04 Å². The maximum atomic E-state index is 6.36. The van der Waals surface area contributed by atoms with Crippen LogP contribution in [0.4, 0.5) is 0 Å². The smallest absolute Gasteiger partial charge is 0.0591 e. The SMILES string of the molecule is CCC(N)C(c1ccc(C)s1)N(C)CC1CCC1. The molecule has 3 heteroatoms. The second-order valence-corrected chi connectivity index (χ2v) is 7.02. The summed E-state index contributed by atoms with van der Waals surface area (Å²) < 4.78 is 0. The Kier molecular flexibility index (Phi) is 4.82. The molecule has 1 aromatic heterocycles. The molecule has 2 nitrogen and oxygen atoms in total. The van der Waals surface area contributed by atoms with Crippen molar-refractivity contribution in [1.29, 1.82) is 0 Å². The van der Waals surface area contributed by atoms with E-state index in [0.29, 0.717) is 6.04 Å². The fourth-order valence-electron chi connectivity index (χ4n) is 2.79. The third kappa shape index (κ3) is 3.14. The Labute approximate surface area is 115 Å². The van der Waals surface area contributed by atoms with Crippen molar-refractivity contribution >= 4 is 11.3 Å². The van der Waals surface area contributed by atoms with E-state index in [1.165, 1.54) is 35.6 Å². The summed E-state index contributed by atoms with van der Waals surface area (Å²) in [5, 5.41) is 0. The molecule has 1 aromatic rings. The zero-order chi connectivity index (χ0) is 13.1. The lowest BCUT2D eigenvalue weighted by molar-refractivity contribution is 0.146. The summed E-state index contributed by atoms with van der Waals surface area (Å²) in [7, 11) is 2.24. The van der Waals surface area contributed by atoms with Gasteiger partial charge in [-0.25, -0.2) is 0 Å². The number of nitrogens with two attached hydrogens (primary N) is 1. The van der Waals surface area contributed by atoms with Crippen LogP contribution in [0.3, 0.4) is 0 Å². The second-order valence-electron chi connectivity index (χ2n) is 5.70. The maximum Gasteiger partial charge on any atom is 0.0591 e. The van der Waals surface area contributed by atoms with E-state index < -0.39 is 0 Å². The molecule has 0 aliphatic heterocycles. The van der Waals surface area contributed by atoms with Crippen LogP contribution in [0.1, 0.15) is 48.4 Å². The topological polar surface area (TPSA) is 29.3 Å². The Morgan fingerprint density at radius 1 is 1.44 bits per heavy atom. The summed E-state index contributed by atoms with van der Waals surface area (Å²) in [5.41, 5.74) is 6.36. The number of thiophene rings is 1. The van der Waals surface area contributed by atoms with E-state index in [1.807, 2.05) is 11.3 Å². The molecule has 1 heterocycles. The van der Waals surface area contributed by atoms with E-state index >= 15 is 0 Å². The lowest BCUT2D eigenvalue weighted by Crippen LogP contribution is -2.41. The molecular weight excluding hydrogens is 240 g/mol. The van der Waals surface area contributed by atoms with Gasteiger partial charge in [0.2, 0.25) is 0 Å². The van der Waals surface area contributed by atoms with Gasteiger partial charge in [-0.05, 0) is 51.3 Å². The number of aryl methyl sites for hydroxylation is 1. The van der Waals surface area contributed by atoms with Gasteiger partial charge in [0, 0.05) is 22.3 Å². The lowest BCUT2D eigenvalue weighted by Gasteiger charge is -2.37. The van der Waals surface area contributed by atoms with Gasteiger partial charge in [-0.15, -0.1) is 11.3 Å². The summed E-state index contributed by atoms with van der Waals surface area (Å²) >= 11 is 1.90. The Morgan fingerprint density at radius 3 is 2.61 bits per heavy atom. The van der Waals surface area contributed by atoms with E-state index in [9.17, 15) is 0 Å². The van der Waals surface area contributed by atoms with Gasteiger partial charge < -0.3 is 5.73 Å². The van der Waals surface area contributed by atoms with Crippen molar-refractivity contribution in [2.75, 3.05) is 13.6 Å². The monoisotopic (exact) mass is 266 g/mol. The minimum Gasteiger partial charge on any atom is -0.326 e. The van der Waals surface area contributed by atoms with Gasteiger partial charge in [0.25, 0.3) is 0 Å². The molecule has 1 saturated carbocycles. The maximum absolute atomic E-state index is 6.36. The molecule has 0 aromatic carbocycles. The van der Waals surface area contributed by atoms with Crippen LogP contribution in [0.15, 0.2) is 12.1 Å². The fourth-order valence-corrected chi connectivity index (χ4v) is 3.91. The van der Waals surface area contributed by atoms with Crippen molar-refractivity contribution in [3.05, 3.63) is 21.9 Å². The van der Waals surface area contributed by atoms with Crippen LogP contribution in [0.25, 0.3) is 0 Å². The molecule has 0 radical (unpaired) electrons. The molecular formula is C15H26N2S. The molecule has 0 amide bonds. The predicted molar refractivity (Wildman–Crippen MR) is 80.0 cm³/mol. The second kappa shape index (κ2) is 6.18. The molecule has 2 N–H and O–H groups in total. The quantitative estimate of drug-likeness (QED) is 0.853. The normalized spacial score (nSPS) is 19.8. The van der Waals surface area contributed by atoms with Crippen molar-refractivity contribution in [3.8, 4) is 0 Å². The first-order valence-electron chi connectivity index (χ1n) is 7.14. The standard InChI is InChI=1S/C15H26N2S/c1-4-13(16)15(14-9-8-11(2)18-14)17(3)10-12-6-5-7-12/h8-9,12-13,15H,4-7,10,16H2,1-3H3. The molecule has 0 saturated heterocycles. The fraction of sp³-hybridized carbons (Fsp3) is 0.733. The van der Waals surface area contributed by atoms with E-state index in [2.05, 4.69) is 37.9 Å². The van der Waals surface area contributed by atoms with Crippen LogP contribution < -0.4 is 5.73 Å². The van der Waals surface area contributed by atoms with Gasteiger partial charge in [0.1, 0.15) is 0 Å². The first-order chi connectivity index (χ1) is 8.61. The molecule has 102 valence electrons. The summed E-state index contributed by atoms with van der Waals surface area (Å²) in [5.74, 6) is 0.905. The van der Waals surface area contributed by atoms with Crippen molar-refractivity contribution in [1.82, 2.24) is 4.90 Å². The number of rotatable bonds is 6. The largest absolute Gasteiger partial charge is 0.326 e. The Morgan fingerprint density at radius 2 is 2.17 bits per heavy atom. The highest BCUT2D eigenvalue weighted by atomic mass is 32.1. The Balaban J connectivity index is 2.08. The van der Waals surface area contributed by atoms with Gasteiger partial charge in [0.05, 0.1) is 6.04 Å². The van der Waals surface area contributed by atoms with Crippen LogP contribution in [-0.2, 0) is 0 Å². The van der Waals surface area contributed by atoms with E-state index in [4.69, 9.17) is 5.73 Å². The van der Waals surface area contributed by atoms with E-state index in [1.54, 1.807) is 0 Å². The summed E-state index contributed by atoms with van der Waals surface area (Å²) in [6.07, 6.45) is 5.27. The number of likely N-dealkylation sites (N-methyl/N-ethyl adjacent to an activating group) is 1. The summed E-state index contributed by atoms with van der Waals surface area (Å²) in [6, 6.07) is 5.12. The number of hydrogen-bond acceptors (Lipinski definition) is 3. The summed E-state index contributed by atoms with van der Waals surface area (Å²) in [4.78, 5) is 5.31. The third-order valence-corrected chi connectivity index (χ3v) is 5.25. The van der Waals surface area contributed by atoms with Crippen molar-refractivity contribution < 1.29 is 0 Å². The molecule has 1 aliphatic carbocycles. The molecule has 18 heavy (non-hydrogen) atoms. The number of hydrogen-bond donors (Lipinski definition) is 1. The number of nitrogens with zero attached hydrogens (tertiary/aromatic N) is 1. The molecule has 2 rings (SSSR count). The van der Waals surface area contributed by atoms with Gasteiger partial charge in [-0.2, -0.15) is 0 Å². The molecule has 1 aliphatic rings. The molecule has 1 fully saturated rings. The average molecular weight is 266 g/mol. The van der Waals surface area contributed by atoms with Gasteiger partial charge in [0.15, 0.2) is 0 Å². The molecule has 2 unspecified atom stereocenters. The minimum atomic E-state index is 0.244. The van der Waals surface area contributed by atoms with Crippen LogP contribution in [0, 0.1) is 12.8 Å². The van der Waals surface area contributed by atoms with Crippen molar-refractivity contribution in [2.24, 2.45) is 11.7 Å². The Hall–Kier alpha value is -0.380. The minimum absolute atomic E-state index is 0.244. The van der Waals surface area contributed by atoms with Crippen LogP contribution >= 0.6 is 11.3 Å². The third-order valence-electron chi connectivity index (χ3n) is 4.18. The predicted octanol–water partition coefficient (Wildman–Crippen LogP) is 3.57. The first-order valence-corrected chi connectivity index (χ1v) is 7.95. The highest BCUT2D eigenvalue weighted by molar-refractivity contribution is 7.12. The summed E-state index contributed by atoms with van der Waals surface area (Å²) in [6.45, 7) is 5.57. The molecule has 0 spiro atoms. The Bertz CT molecular complexity index is 370. The van der Waals surface area contributed by atoms with Gasteiger partial charge in [-0.3, -0.25) is 4.90 Å². The van der Waals surface area contributed by atoms with Crippen LogP contribution in [0.2, 0.25) is 0 Å². The zero-order valence-electron chi connectivity index (χ0n) is 11.9. The van der Waals surface area contributed by atoms with E-state index in [0.717, 1.165) is 12.3 Å². The first kappa shape index (κ1) is 14.0. The van der Waals surface area contributed by atoms with Crippen LogP contribution in [-0.4, -0.2) is 24.5 Å². The van der Waals surface area contributed by atoms with Gasteiger partial charge >= 0.3 is 0 Å². The highest BCUT2D eigenvalue weighted by Gasteiger charge is 2.28. The average Bonchev–Trinajstić information content (AvgIpc) is 2.70. The molecule has 2 atom stereocenters. The molecule has 0 bridgehead atoms.